The van der Waals surface area contributed by atoms with Gasteiger partial charge in [0.15, 0.2) is 5.82 Å². The van der Waals surface area contributed by atoms with Gasteiger partial charge in [-0.25, -0.2) is 8.78 Å². The third-order valence-corrected chi connectivity index (χ3v) is 9.13. The van der Waals surface area contributed by atoms with Crippen molar-refractivity contribution in [2.45, 2.75) is 50.2 Å². The van der Waals surface area contributed by atoms with Crippen molar-refractivity contribution in [1.82, 2.24) is 20.2 Å². The van der Waals surface area contributed by atoms with Crippen LogP contribution in [0.4, 0.5) is 14.6 Å². The third-order valence-electron chi connectivity index (χ3n) is 9.13. The molecular weight excluding hydrogens is 540 g/mol. The van der Waals surface area contributed by atoms with Crippen LogP contribution in [0.2, 0.25) is 0 Å². The number of phenols is 1. The number of anilines is 1. The summed E-state index contributed by atoms with van der Waals surface area (Å²) in [6, 6.07) is 11.9. The molecule has 8 nitrogen and oxygen atoms in total. The Morgan fingerprint density at radius 3 is 2.81 bits per heavy atom. The van der Waals surface area contributed by atoms with Crippen LogP contribution in [0.25, 0.3) is 32.8 Å². The van der Waals surface area contributed by atoms with Crippen LogP contribution in [0.1, 0.15) is 32.6 Å². The maximum Gasteiger partial charge on any atom is 0.319 e. The molecule has 0 saturated carbocycles. The summed E-state index contributed by atoms with van der Waals surface area (Å²) in [5.41, 5.74) is -0.132. The van der Waals surface area contributed by atoms with Crippen molar-refractivity contribution in [2.75, 3.05) is 44.3 Å². The van der Waals surface area contributed by atoms with E-state index in [4.69, 9.17) is 9.72 Å². The van der Waals surface area contributed by atoms with E-state index in [0.29, 0.717) is 48.2 Å². The van der Waals surface area contributed by atoms with E-state index >= 15 is 8.78 Å². The number of piperazine rings is 1. The van der Waals surface area contributed by atoms with E-state index in [9.17, 15) is 10.2 Å². The Hall–Kier alpha value is -3.60. The minimum absolute atomic E-state index is 0.0199. The van der Waals surface area contributed by atoms with Crippen LogP contribution in [0, 0.1) is 11.6 Å². The number of hydrogen-bond donors (Lipinski definition) is 3. The third kappa shape index (κ3) is 4.81. The molecule has 42 heavy (non-hydrogen) atoms. The lowest BCUT2D eigenvalue weighted by Crippen LogP contribution is -2.58. The fourth-order valence-electron chi connectivity index (χ4n) is 7.20. The molecule has 7 rings (SSSR count). The second-order valence-corrected chi connectivity index (χ2v) is 12.2. The van der Waals surface area contributed by atoms with Gasteiger partial charge in [0.25, 0.3) is 0 Å². The monoisotopic (exact) mass is 575 g/mol. The summed E-state index contributed by atoms with van der Waals surface area (Å²) >= 11 is 0. The van der Waals surface area contributed by atoms with Gasteiger partial charge >= 0.3 is 6.01 Å². The highest BCUT2D eigenvalue weighted by Gasteiger charge is 2.42. The van der Waals surface area contributed by atoms with E-state index in [2.05, 4.69) is 27.0 Å². The average Bonchev–Trinajstić information content (AvgIpc) is 3.53. The average molecular weight is 576 g/mol. The Kier molecular flexibility index (Phi) is 6.87. The minimum atomic E-state index is -0.818. The molecular formula is C32H35F2N5O3. The van der Waals surface area contributed by atoms with E-state index < -0.39 is 11.6 Å². The molecule has 3 aliphatic heterocycles. The van der Waals surface area contributed by atoms with Crippen LogP contribution in [0.5, 0.6) is 11.8 Å². The zero-order valence-corrected chi connectivity index (χ0v) is 23.6. The number of ether oxygens (including phenoxy) is 1. The van der Waals surface area contributed by atoms with Gasteiger partial charge in [0, 0.05) is 42.6 Å². The number of aromatic nitrogens is 2. The molecule has 10 heteroatoms. The largest absolute Gasteiger partial charge is 0.508 e. The Morgan fingerprint density at radius 2 is 1.98 bits per heavy atom. The fraction of sp³-hybridized carbons (Fsp3) is 0.438. The number of hydrogen-bond acceptors (Lipinski definition) is 8. The van der Waals surface area contributed by atoms with Crippen LogP contribution >= 0.6 is 0 Å². The van der Waals surface area contributed by atoms with Gasteiger partial charge in [-0.1, -0.05) is 24.3 Å². The number of phenolic OH excluding ortho intramolecular Hbond substituents is 1. The first-order valence-electron chi connectivity index (χ1n) is 14.7. The smallest absolute Gasteiger partial charge is 0.319 e. The summed E-state index contributed by atoms with van der Waals surface area (Å²) in [6.45, 7) is 5.30. The highest BCUT2D eigenvalue weighted by atomic mass is 19.1. The zero-order chi connectivity index (χ0) is 29.0. The Bertz CT molecular complexity index is 1670. The van der Waals surface area contributed by atoms with Gasteiger partial charge in [-0.3, -0.25) is 4.90 Å². The summed E-state index contributed by atoms with van der Waals surface area (Å²) in [6.07, 6.45) is 3.97. The van der Waals surface area contributed by atoms with Gasteiger partial charge in [0.2, 0.25) is 0 Å². The number of aliphatic hydroxyl groups is 1. The van der Waals surface area contributed by atoms with Crippen molar-refractivity contribution in [3.8, 4) is 22.9 Å². The maximum atomic E-state index is 16.6. The number of fused-ring (bicyclic) bond motifs is 4. The predicted octanol–water partition coefficient (Wildman–Crippen LogP) is 4.60. The summed E-state index contributed by atoms with van der Waals surface area (Å²) in [5.74, 6) is -1.19. The first-order chi connectivity index (χ1) is 20.3. The second-order valence-electron chi connectivity index (χ2n) is 12.2. The molecule has 0 radical (unpaired) electrons. The molecule has 3 aliphatic rings. The van der Waals surface area contributed by atoms with Gasteiger partial charge in [-0.05, 0) is 73.7 Å². The van der Waals surface area contributed by atoms with Gasteiger partial charge in [-0.15, -0.1) is 0 Å². The first kappa shape index (κ1) is 27.2. The Morgan fingerprint density at radius 1 is 1.12 bits per heavy atom. The van der Waals surface area contributed by atoms with Crippen LogP contribution in [0.15, 0.2) is 42.5 Å². The number of aliphatic hydroxyl groups excluding tert-OH is 1. The molecule has 3 fully saturated rings. The molecule has 3 atom stereocenters. The lowest BCUT2D eigenvalue weighted by molar-refractivity contribution is 0.139. The number of likely N-dealkylation sites (tertiary alicyclic amines) is 1. The number of β-amino-alcohol motifs (C(OH)–C–C–N with tert-alkyl or cyclic N) is 1. The molecule has 0 unspecified atom stereocenters. The van der Waals surface area contributed by atoms with Crippen molar-refractivity contribution in [3.05, 3.63) is 54.1 Å². The Labute approximate surface area is 242 Å². The van der Waals surface area contributed by atoms with E-state index in [1.165, 1.54) is 12.1 Å². The molecule has 4 aromatic rings. The normalized spacial score (nSPS) is 24.2. The molecule has 4 heterocycles. The molecule has 0 aliphatic carbocycles. The standard InChI is InChI=1S/C32H35F2N5O3/c1-32-9-8-20(37-32)16-39(18-32)30-25-15-26(33)27(24-14-22(41)13-19-5-2-3-7-23(19)24)28(34)29(25)35-31(36-30)42-17-21-6-4-10-38(21)11-12-40/h2-3,5,7,13-15,20-21,37,40-41H,4,6,8-12,16-18H2,1H3/t20-,21+,32+/m1/s1. The van der Waals surface area contributed by atoms with Crippen LogP contribution in [0.3, 0.4) is 0 Å². The summed E-state index contributed by atoms with van der Waals surface area (Å²) in [4.78, 5) is 13.5. The number of benzene rings is 3. The molecule has 2 bridgehead atoms. The SMILES string of the molecule is C[C@]12CC[C@H](CN(c3nc(OC[C@@H]4CCCN4CCO)nc4c(F)c(-c5cc(O)cc6ccccc56)c(F)cc34)C1)N2. The number of nitrogens with one attached hydrogen (secondary N) is 1. The van der Waals surface area contributed by atoms with E-state index in [1.54, 1.807) is 24.3 Å². The molecule has 3 N–H and O–H groups in total. The van der Waals surface area contributed by atoms with E-state index in [-0.39, 0.29) is 52.6 Å². The molecule has 0 amide bonds. The topological polar surface area (TPSA) is 94.0 Å². The highest BCUT2D eigenvalue weighted by molar-refractivity contribution is 6.01. The van der Waals surface area contributed by atoms with Crippen LogP contribution in [-0.2, 0) is 0 Å². The summed E-state index contributed by atoms with van der Waals surface area (Å²) < 4.78 is 38.8. The molecule has 220 valence electrons. The van der Waals surface area contributed by atoms with E-state index in [1.807, 2.05) is 6.07 Å². The molecule has 0 spiro atoms. The second kappa shape index (κ2) is 10.6. The fourth-order valence-corrected chi connectivity index (χ4v) is 7.20. The van der Waals surface area contributed by atoms with E-state index in [0.717, 1.165) is 32.2 Å². The first-order valence-corrected chi connectivity index (χ1v) is 14.7. The lowest BCUT2D eigenvalue weighted by atomic mass is 9.95. The van der Waals surface area contributed by atoms with Gasteiger partial charge in [0.1, 0.15) is 29.5 Å². The maximum absolute atomic E-state index is 16.6. The molecule has 3 saturated heterocycles. The van der Waals surface area contributed by atoms with Crippen molar-refractivity contribution in [2.24, 2.45) is 0 Å². The predicted molar refractivity (Wildman–Crippen MR) is 158 cm³/mol. The van der Waals surface area contributed by atoms with Crippen molar-refractivity contribution in [1.29, 1.82) is 0 Å². The quantitative estimate of drug-likeness (QED) is 0.295. The van der Waals surface area contributed by atoms with Crippen LogP contribution < -0.4 is 15.0 Å². The summed E-state index contributed by atoms with van der Waals surface area (Å²) in [5, 5.41) is 25.1. The minimum Gasteiger partial charge on any atom is -0.508 e. The van der Waals surface area contributed by atoms with Crippen LogP contribution in [-0.4, -0.2) is 82.1 Å². The molecule has 1 aromatic heterocycles. The highest BCUT2D eigenvalue weighted by Crippen LogP contribution is 2.41. The number of aromatic hydroxyl groups is 1. The van der Waals surface area contributed by atoms with Crippen molar-refractivity contribution in [3.63, 3.8) is 0 Å². The van der Waals surface area contributed by atoms with Gasteiger partial charge in [0.05, 0.1) is 12.2 Å². The van der Waals surface area contributed by atoms with Gasteiger partial charge < -0.3 is 25.2 Å². The number of nitrogens with zero attached hydrogens (tertiary/aromatic N) is 4. The van der Waals surface area contributed by atoms with Crippen molar-refractivity contribution < 1.29 is 23.7 Å². The number of halogens is 2. The van der Waals surface area contributed by atoms with Gasteiger partial charge in [-0.2, -0.15) is 9.97 Å². The number of rotatable bonds is 7. The summed E-state index contributed by atoms with van der Waals surface area (Å²) in [7, 11) is 0. The zero-order valence-electron chi connectivity index (χ0n) is 23.6. The van der Waals surface area contributed by atoms with Crippen molar-refractivity contribution >= 4 is 27.5 Å². The lowest BCUT2D eigenvalue weighted by Gasteiger charge is -2.40. The molecule has 3 aromatic carbocycles. The Balaban J connectivity index is 1.36.